The van der Waals surface area contributed by atoms with E-state index in [-0.39, 0.29) is 11.8 Å². The maximum Gasteiger partial charge on any atom is 0.227 e. The van der Waals surface area contributed by atoms with E-state index >= 15 is 0 Å². The van der Waals surface area contributed by atoms with Crippen molar-refractivity contribution in [3.05, 3.63) is 29.8 Å². The van der Waals surface area contributed by atoms with Crippen molar-refractivity contribution >= 4 is 17.5 Å². The van der Waals surface area contributed by atoms with Crippen LogP contribution >= 0.6 is 0 Å². The summed E-state index contributed by atoms with van der Waals surface area (Å²) in [6.45, 7) is 1.48. The number of nitrogens with zero attached hydrogens (tertiary/aromatic N) is 1. The molecule has 23 heavy (non-hydrogen) atoms. The normalized spacial score (nSPS) is 26.2. The highest BCUT2D eigenvalue weighted by molar-refractivity contribution is 5.88. The number of hydrogen-bond donors (Lipinski definition) is 1. The molecule has 0 aliphatic carbocycles. The van der Waals surface area contributed by atoms with Crippen molar-refractivity contribution in [2.75, 3.05) is 12.4 Å². The molecule has 2 atom stereocenters. The first kappa shape index (κ1) is 16.0. The predicted octanol–water partition coefficient (Wildman–Crippen LogP) is 2.36. The molecule has 0 spiro atoms. The van der Waals surface area contributed by atoms with Crippen LogP contribution in [-0.4, -0.2) is 42.0 Å². The van der Waals surface area contributed by atoms with Crippen LogP contribution in [0.5, 0.6) is 0 Å². The molecule has 2 saturated heterocycles. The standard InChI is InChI=1S/C18H24N2O3/c1-12(21)19-14-5-3-13(4-6-14)9-18(22)20-15-7-8-16(20)11-17(10-15)23-2/h3-6,15-17H,7-11H2,1-2H3,(H,19,21). The van der Waals surface area contributed by atoms with E-state index in [2.05, 4.69) is 10.2 Å². The monoisotopic (exact) mass is 316 g/mol. The van der Waals surface area contributed by atoms with Gasteiger partial charge in [-0.3, -0.25) is 9.59 Å². The smallest absolute Gasteiger partial charge is 0.227 e. The summed E-state index contributed by atoms with van der Waals surface area (Å²) in [4.78, 5) is 25.8. The Morgan fingerprint density at radius 1 is 1.17 bits per heavy atom. The van der Waals surface area contributed by atoms with E-state index in [1.807, 2.05) is 24.3 Å². The summed E-state index contributed by atoms with van der Waals surface area (Å²) >= 11 is 0. The van der Waals surface area contributed by atoms with Crippen LogP contribution in [0.2, 0.25) is 0 Å². The zero-order valence-corrected chi connectivity index (χ0v) is 13.7. The van der Waals surface area contributed by atoms with Crippen molar-refractivity contribution in [2.45, 2.75) is 57.2 Å². The molecule has 0 saturated carbocycles. The summed E-state index contributed by atoms with van der Waals surface area (Å²) in [6, 6.07) is 8.18. The number of hydrogen-bond acceptors (Lipinski definition) is 3. The minimum absolute atomic E-state index is 0.0913. The van der Waals surface area contributed by atoms with Crippen molar-refractivity contribution in [2.24, 2.45) is 0 Å². The second-order valence-corrected chi connectivity index (χ2v) is 6.57. The number of benzene rings is 1. The summed E-state index contributed by atoms with van der Waals surface area (Å²) in [6.07, 6.45) is 4.83. The Balaban J connectivity index is 1.62. The van der Waals surface area contributed by atoms with Crippen LogP contribution in [0.25, 0.3) is 0 Å². The molecule has 2 bridgehead atoms. The van der Waals surface area contributed by atoms with Gasteiger partial charge in [0.15, 0.2) is 0 Å². The maximum absolute atomic E-state index is 12.7. The lowest BCUT2D eigenvalue weighted by Gasteiger charge is -2.38. The average molecular weight is 316 g/mol. The summed E-state index contributed by atoms with van der Waals surface area (Å²) in [5.41, 5.74) is 1.74. The number of rotatable bonds is 4. The predicted molar refractivity (Wildman–Crippen MR) is 88.1 cm³/mol. The van der Waals surface area contributed by atoms with Crippen LogP contribution in [0.1, 0.15) is 38.2 Å². The third kappa shape index (κ3) is 3.55. The van der Waals surface area contributed by atoms with Crippen LogP contribution in [0.4, 0.5) is 5.69 Å². The molecule has 3 rings (SSSR count). The van der Waals surface area contributed by atoms with Crippen LogP contribution in [0.15, 0.2) is 24.3 Å². The molecular weight excluding hydrogens is 292 g/mol. The lowest BCUT2D eigenvalue weighted by molar-refractivity contribution is -0.137. The number of nitrogens with one attached hydrogen (secondary N) is 1. The van der Waals surface area contributed by atoms with Gasteiger partial charge in [0, 0.05) is 31.8 Å². The third-order valence-corrected chi connectivity index (χ3v) is 4.94. The molecule has 2 amide bonds. The summed E-state index contributed by atoms with van der Waals surface area (Å²) < 4.78 is 5.49. The van der Waals surface area contributed by atoms with Gasteiger partial charge in [0.25, 0.3) is 0 Å². The minimum atomic E-state index is -0.0913. The van der Waals surface area contributed by atoms with E-state index < -0.39 is 0 Å². The highest BCUT2D eigenvalue weighted by Gasteiger charge is 2.42. The molecule has 0 aromatic heterocycles. The number of piperidine rings is 1. The minimum Gasteiger partial charge on any atom is -0.381 e. The van der Waals surface area contributed by atoms with E-state index in [1.54, 1.807) is 7.11 Å². The van der Waals surface area contributed by atoms with Crippen LogP contribution in [-0.2, 0) is 20.7 Å². The molecular formula is C18H24N2O3. The zero-order chi connectivity index (χ0) is 16.4. The fraction of sp³-hybridized carbons (Fsp3) is 0.556. The van der Waals surface area contributed by atoms with Crippen LogP contribution < -0.4 is 5.32 Å². The summed E-state index contributed by atoms with van der Waals surface area (Å²) in [5.74, 6) is 0.116. The average Bonchev–Trinajstić information content (AvgIpc) is 2.79. The molecule has 5 heteroatoms. The van der Waals surface area contributed by atoms with Gasteiger partial charge in [-0.1, -0.05) is 12.1 Å². The zero-order valence-electron chi connectivity index (χ0n) is 13.7. The van der Waals surface area contributed by atoms with Gasteiger partial charge in [-0.2, -0.15) is 0 Å². The SMILES string of the molecule is COC1CC2CCC(C1)N2C(=O)Cc1ccc(NC(C)=O)cc1. The van der Waals surface area contributed by atoms with Gasteiger partial charge in [0.2, 0.25) is 11.8 Å². The molecule has 2 unspecified atom stereocenters. The van der Waals surface area contributed by atoms with Crippen molar-refractivity contribution < 1.29 is 14.3 Å². The summed E-state index contributed by atoms with van der Waals surface area (Å²) in [7, 11) is 1.76. The highest BCUT2D eigenvalue weighted by atomic mass is 16.5. The Hall–Kier alpha value is -1.88. The van der Waals surface area contributed by atoms with Crippen LogP contribution in [0, 0.1) is 0 Å². The number of fused-ring (bicyclic) bond motifs is 2. The Bertz CT molecular complexity index is 570. The van der Waals surface area contributed by atoms with Crippen molar-refractivity contribution in [1.82, 2.24) is 4.90 Å². The molecule has 2 fully saturated rings. The maximum atomic E-state index is 12.7. The Morgan fingerprint density at radius 3 is 2.30 bits per heavy atom. The van der Waals surface area contributed by atoms with Crippen molar-refractivity contribution in [3.8, 4) is 0 Å². The van der Waals surface area contributed by atoms with Gasteiger partial charge in [-0.05, 0) is 43.4 Å². The van der Waals surface area contributed by atoms with Crippen molar-refractivity contribution in [1.29, 1.82) is 0 Å². The number of ether oxygens (including phenoxy) is 1. The molecule has 124 valence electrons. The fourth-order valence-corrected chi connectivity index (χ4v) is 3.90. The van der Waals surface area contributed by atoms with E-state index in [0.29, 0.717) is 24.6 Å². The van der Waals surface area contributed by atoms with Gasteiger partial charge in [-0.25, -0.2) is 0 Å². The number of carbonyl (C=O) groups excluding carboxylic acids is 2. The Labute approximate surface area is 137 Å². The van der Waals surface area contributed by atoms with E-state index in [9.17, 15) is 9.59 Å². The second-order valence-electron chi connectivity index (χ2n) is 6.57. The van der Waals surface area contributed by atoms with Gasteiger partial charge in [0.1, 0.15) is 0 Å². The molecule has 1 N–H and O–H groups in total. The highest BCUT2D eigenvalue weighted by Crippen LogP contribution is 2.37. The largest absolute Gasteiger partial charge is 0.381 e. The number of amides is 2. The summed E-state index contributed by atoms with van der Waals surface area (Å²) in [5, 5.41) is 2.74. The fourth-order valence-electron chi connectivity index (χ4n) is 3.90. The topological polar surface area (TPSA) is 58.6 Å². The first-order chi connectivity index (χ1) is 11.1. The molecule has 2 aliphatic rings. The Morgan fingerprint density at radius 2 is 1.78 bits per heavy atom. The lowest BCUT2D eigenvalue weighted by atomic mass is 9.98. The molecule has 2 aliphatic heterocycles. The second kappa shape index (κ2) is 6.71. The van der Waals surface area contributed by atoms with E-state index in [1.165, 1.54) is 6.92 Å². The first-order valence-corrected chi connectivity index (χ1v) is 8.27. The van der Waals surface area contributed by atoms with E-state index in [4.69, 9.17) is 4.74 Å². The van der Waals surface area contributed by atoms with Crippen LogP contribution in [0.3, 0.4) is 0 Å². The Kier molecular flexibility index (Phi) is 4.66. The van der Waals surface area contributed by atoms with Gasteiger partial charge in [-0.15, -0.1) is 0 Å². The number of carbonyl (C=O) groups is 2. The molecule has 5 nitrogen and oxygen atoms in total. The first-order valence-electron chi connectivity index (χ1n) is 8.27. The van der Waals surface area contributed by atoms with Crippen molar-refractivity contribution in [3.63, 3.8) is 0 Å². The van der Waals surface area contributed by atoms with Gasteiger partial charge in [0.05, 0.1) is 12.5 Å². The lowest BCUT2D eigenvalue weighted by Crippen LogP contribution is -2.48. The molecule has 1 aromatic carbocycles. The van der Waals surface area contributed by atoms with E-state index in [0.717, 1.165) is 36.9 Å². The van der Waals surface area contributed by atoms with Gasteiger partial charge >= 0.3 is 0 Å². The van der Waals surface area contributed by atoms with Gasteiger partial charge < -0.3 is 15.0 Å². The number of anilines is 1. The third-order valence-electron chi connectivity index (χ3n) is 4.94. The number of methoxy groups -OCH3 is 1. The molecule has 2 heterocycles. The quantitative estimate of drug-likeness (QED) is 0.927. The molecule has 0 radical (unpaired) electrons. The molecule has 1 aromatic rings.